The zero-order valence-corrected chi connectivity index (χ0v) is 11.0. The number of aliphatic carboxylic acids is 1. The fraction of sp³-hybridized carbons (Fsp3) is 0.250. The molecule has 0 aliphatic carbocycles. The van der Waals surface area contributed by atoms with Crippen LogP contribution in [0.4, 0.5) is 0 Å². The highest BCUT2D eigenvalue weighted by Gasteiger charge is 1.95. The minimum atomic E-state index is -0.981. The molecule has 1 amide bonds. The zero-order valence-electron chi connectivity index (χ0n) is 11.0. The van der Waals surface area contributed by atoms with Crippen molar-refractivity contribution in [3.8, 4) is 0 Å². The molecule has 0 fully saturated rings. The molecule has 7 nitrogen and oxygen atoms in total. The van der Waals surface area contributed by atoms with Crippen molar-refractivity contribution < 1.29 is 29.3 Å². The molecule has 0 aliphatic rings. The summed E-state index contributed by atoms with van der Waals surface area (Å²) >= 11 is 0. The second-order valence-electron chi connectivity index (χ2n) is 2.94. The molecule has 0 rings (SSSR count). The van der Waals surface area contributed by atoms with E-state index in [1.165, 1.54) is 7.11 Å². The van der Waals surface area contributed by atoms with Crippen LogP contribution >= 0.6 is 0 Å². The maximum absolute atomic E-state index is 10.2. The molecule has 19 heavy (non-hydrogen) atoms. The van der Waals surface area contributed by atoms with E-state index in [0.717, 1.165) is 6.08 Å². The molecule has 0 saturated heterocycles. The third kappa shape index (κ3) is 21.4. The first-order chi connectivity index (χ1) is 8.63. The number of nitrogens with two attached hydrogens (primary N) is 1. The monoisotopic (exact) mass is 273 g/mol. The summed E-state index contributed by atoms with van der Waals surface area (Å²) in [5.74, 6) is -1.98. The van der Waals surface area contributed by atoms with E-state index in [4.69, 9.17) is 10.2 Å². The number of hydrogen-bond acceptors (Lipinski definition) is 5. The third-order valence-electron chi connectivity index (χ3n) is 1.25. The summed E-state index contributed by atoms with van der Waals surface area (Å²) in [6.45, 7) is 10.7. The molecule has 0 unspecified atom stereocenters. The van der Waals surface area contributed by atoms with Gasteiger partial charge in [0.1, 0.15) is 0 Å². The summed E-state index contributed by atoms with van der Waals surface area (Å²) in [7, 11) is 1.33. The number of carbonyl (C=O) groups is 3. The molecule has 0 aliphatic heterocycles. The van der Waals surface area contributed by atoms with Crippen LogP contribution in [0.1, 0.15) is 6.92 Å². The predicted octanol–water partition coefficient (Wildman–Crippen LogP) is 0.0127. The number of carbonyl (C=O) groups excluding carboxylic acids is 2. The van der Waals surface area contributed by atoms with Crippen molar-refractivity contribution in [2.45, 2.75) is 6.92 Å². The fourth-order valence-corrected chi connectivity index (χ4v) is 0.252. The Morgan fingerprint density at radius 2 is 1.68 bits per heavy atom. The van der Waals surface area contributed by atoms with Crippen LogP contribution in [-0.2, 0) is 19.1 Å². The van der Waals surface area contributed by atoms with Crippen LogP contribution in [0.2, 0.25) is 0 Å². The van der Waals surface area contributed by atoms with E-state index in [-0.39, 0.29) is 18.1 Å². The van der Waals surface area contributed by atoms with E-state index in [0.29, 0.717) is 5.57 Å². The van der Waals surface area contributed by atoms with Crippen molar-refractivity contribution >= 4 is 17.8 Å². The molecule has 4 N–H and O–H groups in total. The molecule has 0 spiro atoms. The number of aliphatic hydroxyl groups excluding tert-OH is 1. The summed E-state index contributed by atoms with van der Waals surface area (Å²) < 4.78 is 4.27. The van der Waals surface area contributed by atoms with Crippen molar-refractivity contribution in [1.82, 2.24) is 0 Å². The topological polar surface area (TPSA) is 127 Å². The van der Waals surface area contributed by atoms with E-state index < -0.39 is 11.9 Å². The number of rotatable bonds is 4. The van der Waals surface area contributed by atoms with Gasteiger partial charge in [-0.3, -0.25) is 4.79 Å². The second kappa shape index (κ2) is 13.7. The quantitative estimate of drug-likeness (QED) is 0.489. The third-order valence-corrected chi connectivity index (χ3v) is 1.25. The van der Waals surface area contributed by atoms with E-state index in [1.807, 2.05) is 0 Å². The molecule has 0 bridgehead atoms. The van der Waals surface area contributed by atoms with Gasteiger partial charge < -0.3 is 20.7 Å². The summed E-state index contributed by atoms with van der Waals surface area (Å²) in [6, 6.07) is 0. The Hall–Kier alpha value is -2.41. The maximum Gasteiger partial charge on any atom is 0.332 e. The number of hydrogen-bond donors (Lipinski definition) is 3. The van der Waals surface area contributed by atoms with Gasteiger partial charge in [-0.05, 0) is 6.92 Å². The lowest BCUT2D eigenvalue weighted by Crippen LogP contribution is -2.14. The SMILES string of the molecule is C=C(C)C(=O)OC.C=C(CO)C(N)=O.C=CC(=O)O. The Morgan fingerprint density at radius 3 is 1.68 bits per heavy atom. The van der Waals surface area contributed by atoms with Gasteiger partial charge in [-0.2, -0.15) is 0 Å². The first-order valence-electron chi connectivity index (χ1n) is 4.81. The molecule has 0 aromatic carbocycles. The van der Waals surface area contributed by atoms with Gasteiger partial charge in [0.05, 0.1) is 13.7 Å². The summed E-state index contributed by atoms with van der Waals surface area (Å²) in [6.07, 6.45) is 0.833. The van der Waals surface area contributed by atoms with Crippen LogP contribution in [0.3, 0.4) is 0 Å². The first kappa shape index (κ1) is 21.8. The Labute approximate surface area is 111 Å². The average Bonchev–Trinajstić information content (AvgIpc) is 2.37. The number of amides is 1. The number of esters is 1. The van der Waals surface area contributed by atoms with Gasteiger partial charge in [0.15, 0.2) is 0 Å². The molecule has 7 heteroatoms. The normalized spacial score (nSPS) is 7.53. The molecular weight excluding hydrogens is 254 g/mol. The van der Waals surface area contributed by atoms with Gasteiger partial charge in [0.25, 0.3) is 0 Å². The van der Waals surface area contributed by atoms with Crippen LogP contribution in [0.5, 0.6) is 0 Å². The lowest BCUT2D eigenvalue weighted by Gasteiger charge is -1.91. The standard InChI is InChI=1S/C5H8O2.C4H7NO2.C3H4O2/c1-4(2)5(6)7-3;1-3(2-6)4(5)7;1-2-3(4)5/h1H2,2-3H3;6H,1-2H2,(H2,5,7);2H,1H2,(H,4,5). The van der Waals surface area contributed by atoms with Gasteiger partial charge in [-0.1, -0.05) is 19.7 Å². The van der Waals surface area contributed by atoms with E-state index >= 15 is 0 Å². The molecule has 0 aromatic heterocycles. The predicted molar refractivity (Wildman–Crippen MR) is 70.1 cm³/mol. The smallest absolute Gasteiger partial charge is 0.332 e. The summed E-state index contributed by atoms with van der Waals surface area (Å²) in [5.41, 5.74) is 5.12. The fourth-order valence-electron chi connectivity index (χ4n) is 0.252. The minimum absolute atomic E-state index is 0.0417. The van der Waals surface area contributed by atoms with Crippen molar-refractivity contribution in [3.05, 3.63) is 37.0 Å². The number of carboxylic acid groups (broad SMARTS) is 1. The summed E-state index contributed by atoms with van der Waals surface area (Å²) in [5, 5.41) is 15.7. The van der Waals surface area contributed by atoms with Crippen molar-refractivity contribution in [3.63, 3.8) is 0 Å². The van der Waals surface area contributed by atoms with Crippen LogP contribution in [0, 0.1) is 0 Å². The van der Waals surface area contributed by atoms with Crippen molar-refractivity contribution in [2.24, 2.45) is 5.73 Å². The lowest BCUT2D eigenvalue weighted by atomic mass is 10.3. The van der Waals surface area contributed by atoms with Gasteiger partial charge in [-0.15, -0.1) is 0 Å². The maximum atomic E-state index is 10.2. The number of carboxylic acids is 1. The summed E-state index contributed by atoms with van der Waals surface area (Å²) in [4.78, 5) is 29.3. The Bertz CT molecular complexity index is 333. The van der Waals surface area contributed by atoms with E-state index in [1.54, 1.807) is 6.92 Å². The van der Waals surface area contributed by atoms with Gasteiger partial charge >= 0.3 is 11.9 Å². The number of aliphatic hydroxyl groups is 1. The van der Waals surface area contributed by atoms with Crippen LogP contribution in [0.25, 0.3) is 0 Å². The zero-order chi connectivity index (χ0) is 16.0. The Kier molecular flexibility index (Phi) is 15.7. The number of ether oxygens (including phenoxy) is 1. The second-order valence-corrected chi connectivity index (χ2v) is 2.94. The Balaban J connectivity index is -0.000000206. The Morgan fingerprint density at radius 1 is 1.32 bits per heavy atom. The van der Waals surface area contributed by atoms with Crippen LogP contribution in [0.15, 0.2) is 37.0 Å². The van der Waals surface area contributed by atoms with Crippen molar-refractivity contribution in [2.75, 3.05) is 13.7 Å². The highest BCUT2D eigenvalue weighted by Crippen LogP contribution is 1.87. The van der Waals surface area contributed by atoms with Gasteiger partial charge in [0.2, 0.25) is 5.91 Å². The highest BCUT2D eigenvalue weighted by molar-refractivity contribution is 5.91. The molecule has 0 heterocycles. The molecule has 108 valence electrons. The molecule has 0 aromatic rings. The van der Waals surface area contributed by atoms with Crippen molar-refractivity contribution in [1.29, 1.82) is 0 Å². The highest BCUT2D eigenvalue weighted by atomic mass is 16.5. The molecule has 0 radical (unpaired) electrons. The minimum Gasteiger partial charge on any atom is -0.478 e. The first-order valence-corrected chi connectivity index (χ1v) is 4.81. The van der Waals surface area contributed by atoms with E-state index in [2.05, 4.69) is 30.2 Å². The average molecular weight is 273 g/mol. The number of methoxy groups -OCH3 is 1. The molecular formula is C12H19NO6. The van der Waals surface area contributed by atoms with Gasteiger partial charge in [-0.25, -0.2) is 9.59 Å². The molecule has 0 saturated carbocycles. The number of primary amides is 1. The van der Waals surface area contributed by atoms with Gasteiger partial charge in [0, 0.05) is 17.2 Å². The molecule has 0 atom stereocenters. The van der Waals surface area contributed by atoms with Crippen LogP contribution in [-0.4, -0.2) is 41.8 Å². The largest absolute Gasteiger partial charge is 0.478 e. The van der Waals surface area contributed by atoms with E-state index in [9.17, 15) is 14.4 Å². The van der Waals surface area contributed by atoms with Crippen LogP contribution < -0.4 is 5.73 Å². The lowest BCUT2D eigenvalue weighted by molar-refractivity contribution is -0.136.